The highest BCUT2D eigenvalue weighted by molar-refractivity contribution is 6.33. The lowest BCUT2D eigenvalue weighted by atomic mass is 9.87. The van der Waals surface area contributed by atoms with Crippen molar-refractivity contribution in [3.63, 3.8) is 0 Å². The predicted octanol–water partition coefficient (Wildman–Crippen LogP) is 8.21. The quantitative estimate of drug-likeness (QED) is 0.0611. The number of rotatable bonds is 11. The third-order valence-electron chi connectivity index (χ3n) is 10.2. The highest BCUT2D eigenvalue weighted by Crippen LogP contribution is 2.47. The Morgan fingerprint density at radius 2 is 1.30 bits per heavy atom. The Hall–Kier alpha value is -8.04. The number of halogens is 1. The molecule has 1 aliphatic heterocycles. The van der Waals surface area contributed by atoms with Crippen molar-refractivity contribution in [2.75, 3.05) is 24.9 Å². The highest BCUT2D eigenvalue weighted by atomic mass is 35.5. The smallest absolute Gasteiger partial charge is 0.356 e. The molecule has 0 unspecified atom stereocenters. The minimum Gasteiger partial charge on any atom is -0.506 e. The molecule has 0 atom stereocenters. The molecule has 3 heterocycles. The van der Waals surface area contributed by atoms with E-state index in [4.69, 9.17) is 25.5 Å². The van der Waals surface area contributed by atoms with Crippen LogP contribution in [-0.2, 0) is 22.6 Å². The van der Waals surface area contributed by atoms with Crippen molar-refractivity contribution < 1.29 is 48.4 Å². The van der Waals surface area contributed by atoms with Crippen LogP contribution in [0.4, 0.5) is 11.4 Å². The number of nitrogens with zero attached hydrogens (tertiary/aromatic N) is 2. The molecule has 4 aromatic carbocycles. The van der Waals surface area contributed by atoms with Gasteiger partial charge in [-0.3, -0.25) is 4.79 Å². The van der Waals surface area contributed by atoms with Gasteiger partial charge in [0.1, 0.15) is 28.5 Å². The molecule has 5 N–H and O–H groups in total. The number of anilines is 2. The van der Waals surface area contributed by atoms with Crippen LogP contribution in [0.5, 0.6) is 5.75 Å². The number of hydrogen-bond donors (Lipinski definition) is 5. The van der Waals surface area contributed by atoms with Gasteiger partial charge in [0.15, 0.2) is 5.43 Å². The van der Waals surface area contributed by atoms with E-state index in [9.17, 15) is 39.3 Å². The number of methoxy groups -OCH3 is 2. The van der Waals surface area contributed by atoms with Crippen molar-refractivity contribution >= 4 is 79.6 Å². The molecule has 8 rings (SSSR count). The molecule has 0 saturated heterocycles. The van der Waals surface area contributed by atoms with Gasteiger partial charge in [0, 0.05) is 40.4 Å². The summed E-state index contributed by atoms with van der Waals surface area (Å²) in [5.41, 5.74) is 1.38. The number of pyridine rings is 2. The minimum absolute atomic E-state index is 0.0134. The zero-order chi connectivity index (χ0) is 43.1. The topological polar surface area (TPSA) is 227 Å². The second kappa shape index (κ2) is 16.0. The van der Waals surface area contributed by atoms with E-state index in [1.54, 1.807) is 48.5 Å². The van der Waals surface area contributed by atoms with E-state index in [2.05, 4.69) is 20.6 Å². The number of phenols is 1. The second-order valence-electron chi connectivity index (χ2n) is 13.7. The van der Waals surface area contributed by atoms with Gasteiger partial charge in [-0.2, -0.15) is 0 Å². The van der Waals surface area contributed by atoms with E-state index in [0.29, 0.717) is 33.2 Å². The average molecular weight is 839 g/mol. The number of carboxylic acid groups (broad SMARTS) is 2. The fraction of sp³-hybridized carbons (Fsp3) is 0.0889. The minimum atomic E-state index is -1.37. The summed E-state index contributed by atoms with van der Waals surface area (Å²) in [6, 6.07) is 24.6. The number of hydrogen-bond acceptors (Lipinski definition) is 13. The fourth-order valence-electron chi connectivity index (χ4n) is 7.22. The van der Waals surface area contributed by atoms with Crippen LogP contribution < -0.4 is 16.1 Å². The Balaban J connectivity index is 1.35. The van der Waals surface area contributed by atoms with E-state index in [-0.39, 0.29) is 85.2 Å². The molecule has 0 spiro atoms. The number of aromatic carboxylic acids is 2. The summed E-state index contributed by atoms with van der Waals surface area (Å²) in [7, 11) is 2.48. The number of fused-ring (bicyclic) bond motifs is 4. The molecule has 0 amide bonds. The number of carbonyl (C=O) groups is 4. The van der Waals surface area contributed by atoms with Gasteiger partial charge in [0.05, 0.1) is 63.9 Å². The SMILES string of the molecule is COC(=O)c1ccc2cccc(NCc3c4oc5c(CNc6cccc7ccc(C(=O)OC)nc67)c(O)c(Cl)cc5c(-c5cc(C(=O)O)ccc5C(=O)O)c-4ccc3=O)c2n1. The van der Waals surface area contributed by atoms with Gasteiger partial charge in [-0.25, -0.2) is 29.1 Å². The first-order chi connectivity index (χ1) is 29.4. The number of phenolic OH excluding ortho intramolecular Hbond substituents is 1. The maximum absolute atomic E-state index is 13.9. The summed E-state index contributed by atoms with van der Waals surface area (Å²) in [6.45, 7) is -0.359. The Labute approximate surface area is 349 Å². The van der Waals surface area contributed by atoms with E-state index >= 15 is 0 Å². The number of nitrogens with one attached hydrogen (secondary N) is 2. The van der Waals surface area contributed by atoms with Crippen LogP contribution in [0.3, 0.4) is 0 Å². The molecule has 0 saturated carbocycles. The highest BCUT2D eigenvalue weighted by Gasteiger charge is 2.28. The molecule has 0 fully saturated rings. The van der Waals surface area contributed by atoms with Gasteiger partial charge in [0.2, 0.25) is 0 Å². The monoisotopic (exact) mass is 838 g/mol. The van der Waals surface area contributed by atoms with Crippen LogP contribution in [0.1, 0.15) is 52.8 Å². The van der Waals surface area contributed by atoms with Crippen LogP contribution in [0, 0.1) is 0 Å². The summed E-state index contributed by atoms with van der Waals surface area (Å²) in [6.07, 6.45) is 0. The summed E-state index contributed by atoms with van der Waals surface area (Å²) in [4.78, 5) is 72.6. The third kappa shape index (κ3) is 7.23. The molecule has 0 bridgehead atoms. The van der Waals surface area contributed by atoms with Crippen LogP contribution in [0.2, 0.25) is 5.02 Å². The number of aromatic nitrogens is 2. The summed E-state index contributed by atoms with van der Waals surface area (Å²) in [5, 5.41) is 39.9. The molecule has 15 nitrogen and oxygen atoms in total. The van der Waals surface area contributed by atoms with Crippen molar-refractivity contribution in [1.82, 2.24) is 9.97 Å². The lowest BCUT2D eigenvalue weighted by molar-refractivity contribution is 0.0586. The standard InChI is InChI=1S/C45H31ClN4O11/c1-59-44(57)33-14-10-21-5-3-7-31(37(21)49-33)47-19-28-35(51)16-13-25-36(26-17-23(42(53)54)9-12-24(26)43(55)56)27-18-30(46)39(52)29(41(27)61-40(25)28)20-48-32-8-4-6-22-11-15-34(45(58)60-2)50-38(22)32/h3-18,47-48,52H,19-20H2,1-2H3,(H,53,54)(H,55,56). The first-order valence-electron chi connectivity index (χ1n) is 18.4. The summed E-state index contributed by atoms with van der Waals surface area (Å²) >= 11 is 6.71. The molecule has 16 heteroatoms. The van der Waals surface area contributed by atoms with Crippen LogP contribution in [0.15, 0.2) is 106 Å². The van der Waals surface area contributed by atoms with Gasteiger partial charge in [-0.15, -0.1) is 0 Å². The number of para-hydroxylation sites is 2. The number of esters is 2. The zero-order valence-electron chi connectivity index (χ0n) is 32.0. The molecule has 2 aromatic heterocycles. The van der Waals surface area contributed by atoms with E-state index in [1.807, 2.05) is 0 Å². The molecule has 2 aliphatic rings. The first kappa shape index (κ1) is 39.8. The molecular weight excluding hydrogens is 808 g/mol. The van der Waals surface area contributed by atoms with E-state index in [1.165, 1.54) is 62.8 Å². The molecule has 304 valence electrons. The van der Waals surface area contributed by atoms with Crippen LogP contribution >= 0.6 is 11.6 Å². The van der Waals surface area contributed by atoms with Crippen molar-refractivity contribution in [1.29, 1.82) is 0 Å². The maximum atomic E-state index is 13.9. The molecule has 6 aromatic rings. The number of aromatic hydroxyl groups is 1. The Kier molecular flexibility index (Phi) is 10.4. The Morgan fingerprint density at radius 1 is 0.705 bits per heavy atom. The zero-order valence-corrected chi connectivity index (χ0v) is 32.8. The number of carbonyl (C=O) groups excluding carboxylic acids is 2. The number of carboxylic acids is 2. The molecule has 0 radical (unpaired) electrons. The summed E-state index contributed by atoms with van der Waals surface area (Å²) in [5.74, 6) is -4.40. The Bertz CT molecular complexity index is 3180. The van der Waals surface area contributed by atoms with Crippen molar-refractivity contribution in [3.8, 4) is 28.2 Å². The van der Waals surface area contributed by atoms with Gasteiger partial charge in [0.25, 0.3) is 0 Å². The molecular formula is C45H31ClN4O11. The molecule has 1 aliphatic carbocycles. The largest absolute Gasteiger partial charge is 0.506 e. The maximum Gasteiger partial charge on any atom is 0.356 e. The van der Waals surface area contributed by atoms with Gasteiger partial charge in [-0.05, 0) is 66.2 Å². The van der Waals surface area contributed by atoms with E-state index < -0.39 is 35.1 Å². The van der Waals surface area contributed by atoms with Crippen molar-refractivity contribution in [2.24, 2.45) is 0 Å². The summed E-state index contributed by atoms with van der Waals surface area (Å²) < 4.78 is 16.3. The Morgan fingerprint density at radius 3 is 1.85 bits per heavy atom. The third-order valence-corrected chi connectivity index (χ3v) is 10.5. The number of ether oxygens (including phenoxy) is 2. The normalized spacial score (nSPS) is 11.2. The van der Waals surface area contributed by atoms with Gasteiger partial charge in [-0.1, -0.05) is 48.0 Å². The van der Waals surface area contributed by atoms with Gasteiger partial charge < -0.3 is 39.8 Å². The predicted molar refractivity (Wildman–Crippen MR) is 226 cm³/mol. The van der Waals surface area contributed by atoms with Crippen molar-refractivity contribution in [2.45, 2.75) is 13.1 Å². The number of benzene rings is 5. The van der Waals surface area contributed by atoms with Crippen LogP contribution in [-0.4, -0.2) is 63.4 Å². The van der Waals surface area contributed by atoms with Crippen LogP contribution in [0.25, 0.3) is 55.2 Å². The first-order valence-corrected chi connectivity index (χ1v) is 18.7. The second-order valence-corrected chi connectivity index (χ2v) is 14.1. The average Bonchev–Trinajstić information content (AvgIpc) is 3.27. The lowest BCUT2D eigenvalue weighted by Gasteiger charge is -2.22. The van der Waals surface area contributed by atoms with Crippen molar-refractivity contribution in [3.05, 3.63) is 146 Å². The van der Waals surface area contributed by atoms with Gasteiger partial charge >= 0.3 is 23.9 Å². The fourth-order valence-corrected chi connectivity index (χ4v) is 7.45. The lowest BCUT2D eigenvalue weighted by Crippen LogP contribution is -2.16. The molecule has 61 heavy (non-hydrogen) atoms. The van der Waals surface area contributed by atoms with E-state index in [0.717, 1.165) is 0 Å².